The Labute approximate surface area is 216 Å². The van der Waals surface area contributed by atoms with Crippen LogP contribution in [-0.2, 0) is 25.6 Å². The predicted octanol–water partition coefficient (Wildman–Crippen LogP) is 0.660. The molecule has 0 aliphatic heterocycles. The van der Waals surface area contributed by atoms with Crippen molar-refractivity contribution in [3.63, 3.8) is 0 Å². The van der Waals surface area contributed by atoms with Crippen molar-refractivity contribution in [1.82, 2.24) is 20.9 Å². The van der Waals surface area contributed by atoms with E-state index < -0.39 is 54.0 Å². The molecule has 6 atom stereocenters. The number of carbonyl (C=O) groups is 4. The Hall–Kier alpha value is -3.44. The second kappa shape index (κ2) is 13.2. The number of hydrogen-bond donors (Lipinski definition) is 7. The van der Waals surface area contributed by atoms with E-state index in [1.165, 1.54) is 6.92 Å². The molecule has 0 aliphatic rings. The molecule has 0 bridgehead atoms. The number of aliphatic hydroxyl groups excluding tert-OH is 1. The second-order valence-corrected chi connectivity index (χ2v) is 9.83. The van der Waals surface area contributed by atoms with Crippen LogP contribution in [0.2, 0.25) is 0 Å². The summed E-state index contributed by atoms with van der Waals surface area (Å²) >= 11 is 0. The molecule has 0 spiro atoms. The summed E-state index contributed by atoms with van der Waals surface area (Å²) in [5.41, 5.74) is 7.51. The average molecular weight is 518 g/mol. The van der Waals surface area contributed by atoms with Gasteiger partial charge in [-0.3, -0.25) is 14.4 Å². The first-order valence-corrected chi connectivity index (χ1v) is 12.5. The van der Waals surface area contributed by atoms with E-state index in [2.05, 4.69) is 20.9 Å². The summed E-state index contributed by atoms with van der Waals surface area (Å²) in [6, 6.07) is 2.79. The third-order valence-corrected chi connectivity index (χ3v) is 6.58. The number of aromatic nitrogens is 1. The van der Waals surface area contributed by atoms with Crippen LogP contribution in [-0.4, -0.2) is 69.2 Å². The van der Waals surface area contributed by atoms with Crippen LogP contribution in [0, 0.1) is 11.8 Å². The number of fused-ring (bicyclic) bond motifs is 1. The summed E-state index contributed by atoms with van der Waals surface area (Å²) in [6.07, 6.45) is 1.02. The third kappa shape index (κ3) is 7.77. The summed E-state index contributed by atoms with van der Waals surface area (Å²) in [4.78, 5) is 53.6. The highest BCUT2D eigenvalue weighted by atomic mass is 16.4. The van der Waals surface area contributed by atoms with Crippen molar-refractivity contribution >= 4 is 34.6 Å². The standard InChI is InChI=1S/C26H39N5O6/c1-6-14(4)20(27)23(33)30-21(13(2)3)24(34)31-22(15(5)32)25(35)29-19(26(36)37)11-16-12-28-18-10-8-7-9-17(16)18/h7-10,12-15,19-22,28,32H,6,11,27H2,1-5H3,(H,29,35)(H,30,33)(H,31,34)(H,36,37). The molecule has 0 saturated carbocycles. The van der Waals surface area contributed by atoms with Gasteiger partial charge in [-0.2, -0.15) is 0 Å². The van der Waals surface area contributed by atoms with Crippen LogP contribution >= 0.6 is 0 Å². The van der Waals surface area contributed by atoms with Gasteiger partial charge in [-0.25, -0.2) is 4.79 Å². The minimum absolute atomic E-state index is 0.0102. The Kier molecular flexibility index (Phi) is 10.6. The van der Waals surface area contributed by atoms with Crippen molar-refractivity contribution in [1.29, 1.82) is 0 Å². The molecule has 11 heteroatoms. The Bertz CT molecular complexity index is 1100. The van der Waals surface area contributed by atoms with Crippen molar-refractivity contribution < 1.29 is 29.4 Å². The van der Waals surface area contributed by atoms with Crippen molar-refractivity contribution in [2.24, 2.45) is 17.6 Å². The molecule has 1 aromatic heterocycles. The van der Waals surface area contributed by atoms with E-state index >= 15 is 0 Å². The number of benzene rings is 1. The molecular weight excluding hydrogens is 478 g/mol. The Morgan fingerprint density at radius 3 is 2.11 bits per heavy atom. The molecule has 204 valence electrons. The zero-order valence-corrected chi connectivity index (χ0v) is 21.9. The quantitative estimate of drug-likeness (QED) is 0.203. The molecule has 37 heavy (non-hydrogen) atoms. The van der Waals surface area contributed by atoms with Gasteiger partial charge in [-0.1, -0.05) is 52.3 Å². The van der Waals surface area contributed by atoms with Gasteiger partial charge in [0.1, 0.15) is 18.1 Å². The predicted molar refractivity (Wildman–Crippen MR) is 139 cm³/mol. The van der Waals surface area contributed by atoms with Crippen LogP contribution in [0.15, 0.2) is 30.5 Å². The zero-order chi connectivity index (χ0) is 27.9. The molecule has 0 aliphatic carbocycles. The average Bonchev–Trinajstić information content (AvgIpc) is 3.26. The number of hydrogen-bond acceptors (Lipinski definition) is 6. The van der Waals surface area contributed by atoms with Crippen LogP contribution in [0.25, 0.3) is 10.9 Å². The first-order valence-electron chi connectivity index (χ1n) is 12.5. The first kappa shape index (κ1) is 29.8. The van der Waals surface area contributed by atoms with Crippen molar-refractivity contribution in [2.45, 2.75) is 77.7 Å². The topological polar surface area (TPSA) is 187 Å². The maximum Gasteiger partial charge on any atom is 0.326 e. The van der Waals surface area contributed by atoms with Gasteiger partial charge in [0.15, 0.2) is 0 Å². The number of aromatic amines is 1. The molecule has 2 rings (SSSR count). The lowest BCUT2D eigenvalue weighted by molar-refractivity contribution is -0.143. The molecule has 6 unspecified atom stereocenters. The van der Waals surface area contributed by atoms with E-state index in [0.29, 0.717) is 12.0 Å². The van der Waals surface area contributed by atoms with Crippen molar-refractivity contribution in [2.75, 3.05) is 0 Å². The maximum absolute atomic E-state index is 13.0. The van der Waals surface area contributed by atoms with Gasteiger partial charge in [-0.05, 0) is 30.4 Å². The fourth-order valence-corrected chi connectivity index (χ4v) is 3.93. The molecule has 8 N–H and O–H groups in total. The van der Waals surface area contributed by atoms with Crippen LogP contribution in [0.1, 0.15) is 46.6 Å². The van der Waals surface area contributed by atoms with Crippen LogP contribution < -0.4 is 21.7 Å². The highest BCUT2D eigenvalue weighted by molar-refractivity contribution is 5.94. The van der Waals surface area contributed by atoms with Gasteiger partial charge in [0.2, 0.25) is 17.7 Å². The lowest BCUT2D eigenvalue weighted by Crippen LogP contribution is -2.61. The number of aliphatic hydroxyl groups is 1. The molecule has 0 radical (unpaired) electrons. The van der Waals surface area contributed by atoms with Crippen molar-refractivity contribution in [3.05, 3.63) is 36.0 Å². The molecule has 0 saturated heterocycles. The minimum Gasteiger partial charge on any atom is -0.480 e. The fraction of sp³-hybridized carbons (Fsp3) is 0.538. The number of nitrogens with two attached hydrogens (primary N) is 1. The summed E-state index contributed by atoms with van der Waals surface area (Å²) in [5, 5.41) is 28.3. The first-order chi connectivity index (χ1) is 17.4. The number of H-pyrrole nitrogens is 1. The van der Waals surface area contributed by atoms with E-state index in [9.17, 15) is 29.4 Å². The van der Waals surface area contributed by atoms with Crippen molar-refractivity contribution in [3.8, 4) is 0 Å². The summed E-state index contributed by atoms with van der Waals surface area (Å²) in [5.74, 6) is -3.76. The largest absolute Gasteiger partial charge is 0.480 e. The number of amides is 3. The van der Waals surface area contributed by atoms with Gasteiger partial charge in [0, 0.05) is 23.5 Å². The van der Waals surface area contributed by atoms with Gasteiger partial charge in [-0.15, -0.1) is 0 Å². The Balaban J connectivity index is 2.14. The number of para-hydroxylation sites is 1. The zero-order valence-electron chi connectivity index (χ0n) is 21.9. The molecular formula is C26H39N5O6. The number of aliphatic carboxylic acids is 1. The summed E-state index contributed by atoms with van der Waals surface area (Å²) < 4.78 is 0. The van der Waals surface area contributed by atoms with E-state index in [1.807, 2.05) is 38.1 Å². The molecule has 3 amide bonds. The fourth-order valence-electron chi connectivity index (χ4n) is 3.93. The number of rotatable bonds is 13. The monoisotopic (exact) mass is 517 g/mol. The lowest BCUT2D eigenvalue weighted by atomic mass is 9.97. The van der Waals surface area contributed by atoms with Gasteiger partial charge >= 0.3 is 5.97 Å². The number of carboxylic acids is 1. The maximum atomic E-state index is 13.0. The van der Waals surface area contributed by atoms with E-state index in [4.69, 9.17) is 5.73 Å². The van der Waals surface area contributed by atoms with Crippen LogP contribution in [0.4, 0.5) is 0 Å². The lowest BCUT2D eigenvalue weighted by Gasteiger charge is -2.28. The van der Waals surface area contributed by atoms with Crippen LogP contribution in [0.5, 0.6) is 0 Å². The molecule has 11 nitrogen and oxygen atoms in total. The minimum atomic E-state index is -1.45. The summed E-state index contributed by atoms with van der Waals surface area (Å²) in [6.45, 7) is 8.48. The normalized spacial score (nSPS) is 16.3. The van der Waals surface area contributed by atoms with Gasteiger partial charge in [0.05, 0.1) is 12.1 Å². The second-order valence-electron chi connectivity index (χ2n) is 9.83. The third-order valence-electron chi connectivity index (χ3n) is 6.58. The Morgan fingerprint density at radius 2 is 1.54 bits per heavy atom. The smallest absolute Gasteiger partial charge is 0.326 e. The van der Waals surface area contributed by atoms with Crippen LogP contribution in [0.3, 0.4) is 0 Å². The molecule has 1 aromatic carbocycles. The van der Waals surface area contributed by atoms with E-state index in [-0.39, 0.29) is 18.3 Å². The van der Waals surface area contributed by atoms with Gasteiger partial charge in [0.25, 0.3) is 0 Å². The Morgan fingerprint density at radius 1 is 0.946 bits per heavy atom. The summed E-state index contributed by atoms with van der Waals surface area (Å²) in [7, 11) is 0. The number of carboxylic acid groups (broad SMARTS) is 1. The molecule has 1 heterocycles. The number of carbonyl (C=O) groups excluding carboxylic acids is 3. The number of nitrogens with one attached hydrogen (secondary N) is 4. The molecule has 0 fully saturated rings. The SMILES string of the molecule is CCC(C)C(N)C(=O)NC(C(=O)NC(C(=O)NC(Cc1c[nH]c2ccccc12)C(=O)O)C(C)O)C(C)C. The molecule has 2 aromatic rings. The van der Waals surface area contributed by atoms with E-state index in [0.717, 1.165) is 10.9 Å². The van der Waals surface area contributed by atoms with E-state index in [1.54, 1.807) is 20.0 Å². The highest BCUT2D eigenvalue weighted by Crippen LogP contribution is 2.19. The van der Waals surface area contributed by atoms with Gasteiger partial charge < -0.3 is 36.9 Å². The highest BCUT2D eigenvalue weighted by Gasteiger charge is 2.34.